The molecule has 0 aliphatic carbocycles. The van der Waals surface area contributed by atoms with E-state index in [9.17, 15) is 0 Å². The Morgan fingerprint density at radius 2 is 2.56 bits per heavy atom. The molecular formula is C12H21N3S. The van der Waals surface area contributed by atoms with Crippen LogP contribution in [0.15, 0.2) is 12.5 Å². The second kappa shape index (κ2) is 5.73. The molecule has 90 valence electrons. The lowest BCUT2D eigenvalue weighted by molar-refractivity contribution is 0.486. The molecule has 1 saturated heterocycles. The molecule has 0 aromatic carbocycles. The summed E-state index contributed by atoms with van der Waals surface area (Å²) in [6.07, 6.45) is 9.92. The van der Waals surface area contributed by atoms with Gasteiger partial charge in [-0.05, 0) is 32.1 Å². The SMILES string of the molecule is CCC(CSC)n1cncc1C1CCCN1. The molecule has 16 heavy (non-hydrogen) atoms. The van der Waals surface area contributed by atoms with Gasteiger partial charge in [0.05, 0.1) is 12.0 Å². The van der Waals surface area contributed by atoms with Crippen LogP contribution in [0.3, 0.4) is 0 Å². The van der Waals surface area contributed by atoms with E-state index in [-0.39, 0.29) is 0 Å². The molecule has 3 nitrogen and oxygen atoms in total. The van der Waals surface area contributed by atoms with Crippen LogP contribution < -0.4 is 5.32 Å². The van der Waals surface area contributed by atoms with E-state index in [2.05, 4.69) is 28.0 Å². The fourth-order valence-corrected chi connectivity index (χ4v) is 3.20. The zero-order valence-electron chi connectivity index (χ0n) is 10.1. The maximum atomic E-state index is 4.33. The summed E-state index contributed by atoms with van der Waals surface area (Å²) in [5.74, 6) is 1.17. The predicted molar refractivity (Wildman–Crippen MR) is 69.9 cm³/mol. The molecule has 2 atom stereocenters. The normalized spacial score (nSPS) is 22.5. The molecule has 0 radical (unpaired) electrons. The molecular weight excluding hydrogens is 218 g/mol. The van der Waals surface area contributed by atoms with Gasteiger partial charge in [0.25, 0.3) is 0 Å². The maximum absolute atomic E-state index is 4.33. The number of hydrogen-bond acceptors (Lipinski definition) is 3. The summed E-state index contributed by atoms with van der Waals surface area (Å²) in [5, 5.41) is 3.55. The van der Waals surface area contributed by atoms with Gasteiger partial charge in [0, 0.05) is 24.0 Å². The van der Waals surface area contributed by atoms with Crippen molar-refractivity contribution >= 4 is 11.8 Å². The topological polar surface area (TPSA) is 29.9 Å². The number of nitrogens with one attached hydrogen (secondary N) is 1. The zero-order valence-corrected chi connectivity index (χ0v) is 11.0. The molecule has 1 fully saturated rings. The second-order valence-electron chi connectivity index (χ2n) is 4.39. The van der Waals surface area contributed by atoms with Gasteiger partial charge < -0.3 is 9.88 Å². The Morgan fingerprint density at radius 3 is 3.19 bits per heavy atom. The number of thioether (sulfide) groups is 1. The highest BCUT2D eigenvalue weighted by Crippen LogP contribution is 2.27. The van der Waals surface area contributed by atoms with Gasteiger partial charge in [-0.2, -0.15) is 11.8 Å². The van der Waals surface area contributed by atoms with Crippen molar-refractivity contribution in [2.24, 2.45) is 0 Å². The summed E-state index contributed by atoms with van der Waals surface area (Å²) < 4.78 is 2.37. The largest absolute Gasteiger partial charge is 0.329 e. The first kappa shape index (κ1) is 12.0. The lowest BCUT2D eigenvalue weighted by Gasteiger charge is -2.21. The van der Waals surface area contributed by atoms with Crippen LogP contribution >= 0.6 is 11.8 Å². The monoisotopic (exact) mass is 239 g/mol. The molecule has 0 saturated carbocycles. The quantitative estimate of drug-likeness (QED) is 0.856. The van der Waals surface area contributed by atoms with E-state index in [1.807, 2.05) is 24.3 Å². The van der Waals surface area contributed by atoms with Gasteiger partial charge in [0.1, 0.15) is 0 Å². The first-order valence-electron chi connectivity index (χ1n) is 6.10. The number of imidazole rings is 1. The Kier molecular flexibility index (Phi) is 4.29. The predicted octanol–water partition coefficient (Wildman–Crippen LogP) is 2.62. The molecule has 0 spiro atoms. The van der Waals surface area contributed by atoms with Crippen LogP contribution in [-0.4, -0.2) is 28.1 Å². The van der Waals surface area contributed by atoms with Crippen LogP contribution in [0.25, 0.3) is 0 Å². The Bertz CT molecular complexity index is 318. The molecule has 1 aromatic heterocycles. The number of hydrogen-bond donors (Lipinski definition) is 1. The molecule has 0 bridgehead atoms. The maximum Gasteiger partial charge on any atom is 0.0951 e. The summed E-state index contributed by atoms with van der Waals surface area (Å²) in [6, 6.07) is 1.12. The molecule has 1 N–H and O–H groups in total. The van der Waals surface area contributed by atoms with Gasteiger partial charge in [0.2, 0.25) is 0 Å². The van der Waals surface area contributed by atoms with Gasteiger partial charge in [-0.25, -0.2) is 4.98 Å². The van der Waals surface area contributed by atoms with Crippen molar-refractivity contribution in [3.8, 4) is 0 Å². The first-order valence-corrected chi connectivity index (χ1v) is 7.50. The summed E-state index contributed by atoms with van der Waals surface area (Å²) in [7, 11) is 0. The fraction of sp³-hybridized carbons (Fsp3) is 0.750. The molecule has 0 amide bonds. The Morgan fingerprint density at radius 1 is 1.69 bits per heavy atom. The van der Waals surface area contributed by atoms with Gasteiger partial charge >= 0.3 is 0 Å². The minimum Gasteiger partial charge on any atom is -0.329 e. The third-order valence-corrected chi connectivity index (χ3v) is 4.06. The van der Waals surface area contributed by atoms with E-state index < -0.39 is 0 Å². The highest BCUT2D eigenvalue weighted by atomic mass is 32.2. The van der Waals surface area contributed by atoms with Crippen molar-refractivity contribution in [1.29, 1.82) is 0 Å². The summed E-state index contributed by atoms with van der Waals surface area (Å²) in [6.45, 7) is 3.40. The Labute approximate surface area is 102 Å². The van der Waals surface area contributed by atoms with Gasteiger partial charge in [-0.15, -0.1) is 0 Å². The third kappa shape index (κ3) is 2.43. The average molecular weight is 239 g/mol. The van der Waals surface area contributed by atoms with E-state index in [1.165, 1.54) is 30.7 Å². The van der Waals surface area contributed by atoms with Crippen LogP contribution in [0.4, 0.5) is 0 Å². The highest BCUT2D eigenvalue weighted by molar-refractivity contribution is 7.98. The van der Waals surface area contributed by atoms with E-state index in [1.54, 1.807) is 0 Å². The smallest absolute Gasteiger partial charge is 0.0951 e. The zero-order chi connectivity index (χ0) is 11.4. The summed E-state index contributed by atoms with van der Waals surface area (Å²) in [4.78, 5) is 4.33. The number of aromatic nitrogens is 2. The summed E-state index contributed by atoms with van der Waals surface area (Å²) >= 11 is 1.91. The van der Waals surface area contributed by atoms with Gasteiger partial charge in [-0.1, -0.05) is 6.92 Å². The van der Waals surface area contributed by atoms with E-state index >= 15 is 0 Å². The van der Waals surface area contributed by atoms with Crippen LogP contribution in [0.5, 0.6) is 0 Å². The van der Waals surface area contributed by atoms with Crippen LogP contribution in [-0.2, 0) is 0 Å². The molecule has 2 unspecified atom stereocenters. The third-order valence-electron chi connectivity index (χ3n) is 3.34. The first-order chi connectivity index (χ1) is 7.86. The van der Waals surface area contributed by atoms with E-state index in [0.29, 0.717) is 12.1 Å². The number of rotatable bonds is 5. The van der Waals surface area contributed by atoms with Crippen LogP contribution in [0.1, 0.15) is 44.0 Å². The lowest BCUT2D eigenvalue weighted by Crippen LogP contribution is -2.20. The molecule has 1 aromatic rings. The van der Waals surface area contributed by atoms with Crippen molar-refractivity contribution in [1.82, 2.24) is 14.9 Å². The summed E-state index contributed by atoms with van der Waals surface area (Å²) in [5.41, 5.74) is 1.37. The Hall–Kier alpha value is -0.480. The van der Waals surface area contributed by atoms with Crippen molar-refractivity contribution in [2.75, 3.05) is 18.6 Å². The van der Waals surface area contributed by atoms with Crippen molar-refractivity contribution in [3.63, 3.8) is 0 Å². The Balaban J connectivity index is 2.16. The van der Waals surface area contributed by atoms with Crippen LogP contribution in [0, 0.1) is 0 Å². The minimum atomic E-state index is 0.526. The second-order valence-corrected chi connectivity index (χ2v) is 5.30. The van der Waals surface area contributed by atoms with Gasteiger partial charge in [0.15, 0.2) is 0 Å². The molecule has 2 rings (SSSR count). The average Bonchev–Trinajstić information content (AvgIpc) is 2.94. The molecule has 4 heteroatoms. The van der Waals surface area contributed by atoms with Crippen molar-refractivity contribution in [2.45, 2.75) is 38.3 Å². The van der Waals surface area contributed by atoms with Crippen molar-refractivity contribution in [3.05, 3.63) is 18.2 Å². The van der Waals surface area contributed by atoms with Crippen LogP contribution in [0.2, 0.25) is 0 Å². The van der Waals surface area contributed by atoms with Crippen molar-refractivity contribution < 1.29 is 0 Å². The minimum absolute atomic E-state index is 0.526. The molecule has 1 aliphatic rings. The van der Waals surface area contributed by atoms with Gasteiger partial charge in [-0.3, -0.25) is 0 Å². The lowest BCUT2D eigenvalue weighted by atomic mass is 10.1. The fourth-order valence-electron chi connectivity index (χ4n) is 2.41. The highest BCUT2D eigenvalue weighted by Gasteiger charge is 2.22. The number of nitrogens with zero attached hydrogens (tertiary/aromatic N) is 2. The molecule has 2 heterocycles. The van der Waals surface area contributed by atoms with E-state index in [0.717, 1.165) is 6.54 Å². The molecule has 1 aliphatic heterocycles. The van der Waals surface area contributed by atoms with E-state index in [4.69, 9.17) is 0 Å². The standard InChI is InChI=1S/C12H21N3S/c1-3-10(8-16-2)15-9-13-7-12(15)11-5-4-6-14-11/h7,9-11,14H,3-6,8H2,1-2H3.